The number of carbonyl (C=O) groups excluding carboxylic acids is 1. The third-order valence-electron chi connectivity index (χ3n) is 11.7. The van der Waals surface area contributed by atoms with Crippen LogP contribution in [-0.4, -0.2) is 26.3 Å². The number of fused-ring (bicyclic) bond motifs is 8. The molecule has 7 rings (SSSR count). The van der Waals surface area contributed by atoms with E-state index < -0.39 is 5.60 Å². The monoisotopic (exact) mass is 450 g/mol. The minimum absolute atomic E-state index is 0.214. The highest BCUT2D eigenvalue weighted by molar-refractivity contribution is 5.83. The van der Waals surface area contributed by atoms with Crippen LogP contribution in [0.3, 0.4) is 0 Å². The molecule has 1 heterocycles. The van der Waals surface area contributed by atoms with Crippen molar-refractivity contribution >= 4 is 5.78 Å². The van der Waals surface area contributed by atoms with Crippen molar-refractivity contribution in [2.24, 2.45) is 52.8 Å². The lowest BCUT2D eigenvalue weighted by molar-refractivity contribution is -0.136. The standard InChI is InChI=1S/C29H42N2O2/c1-28(33)11-9-19-17(14-28)7-8-21-20(19)10-12-29(2)26(21)22-13-23(22)27(29)25(32)16-31-15-18-5-3-4-6-24(18)30-31/h15,17,19-23,26-27,33H,3-14,16H2,1-2H3/t17-,19+,20-,21-,22-,23+,26-,27-,28-,29+/m1/s1. The first-order valence-corrected chi connectivity index (χ1v) is 14.1. The SMILES string of the molecule is C[C@@]1(O)CC[C@H]2[C@H](CC[C@@H]3[C@@H]2CC[C@@]2(C)[C@H]3[C@@H]3C[C@@H]3[C@@H]2C(=O)Cn2cc3c(n2)CCCC3)C1. The van der Waals surface area contributed by atoms with Crippen molar-refractivity contribution in [1.82, 2.24) is 9.78 Å². The highest BCUT2D eigenvalue weighted by Gasteiger charge is 2.70. The first kappa shape index (κ1) is 21.1. The molecule has 6 aliphatic rings. The summed E-state index contributed by atoms with van der Waals surface area (Å²) in [7, 11) is 0. The molecule has 180 valence electrons. The molecule has 0 radical (unpaired) electrons. The first-order valence-electron chi connectivity index (χ1n) is 14.1. The fraction of sp³-hybridized carbons (Fsp3) is 0.862. The summed E-state index contributed by atoms with van der Waals surface area (Å²) in [6.07, 6.45) is 16.7. The van der Waals surface area contributed by atoms with Gasteiger partial charge in [-0.05, 0) is 136 Å². The van der Waals surface area contributed by atoms with E-state index in [0.717, 1.165) is 61.2 Å². The smallest absolute Gasteiger partial charge is 0.158 e. The Morgan fingerprint density at radius 1 is 1.03 bits per heavy atom. The summed E-state index contributed by atoms with van der Waals surface area (Å²) in [4.78, 5) is 13.8. The van der Waals surface area contributed by atoms with E-state index in [1.165, 1.54) is 62.6 Å². The zero-order chi connectivity index (χ0) is 22.5. The second-order valence-corrected chi connectivity index (χ2v) is 13.7. The van der Waals surface area contributed by atoms with Gasteiger partial charge < -0.3 is 5.11 Å². The number of aryl methyl sites for hydroxylation is 2. The van der Waals surface area contributed by atoms with Crippen LogP contribution in [0, 0.1) is 52.8 Å². The summed E-state index contributed by atoms with van der Waals surface area (Å²) >= 11 is 0. The van der Waals surface area contributed by atoms with Gasteiger partial charge in [-0.2, -0.15) is 5.10 Å². The number of carbonyl (C=O) groups is 1. The van der Waals surface area contributed by atoms with Gasteiger partial charge in [0.25, 0.3) is 0 Å². The molecule has 0 amide bonds. The van der Waals surface area contributed by atoms with Crippen molar-refractivity contribution in [3.63, 3.8) is 0 Å². The number of aromatic nitrogens is 2. The van der Waals surface area contributed by atoms with Crippen LogP contribution in [0.1, 0.15) is 89.3 Å². The minimum Gasteiger partial charge on any atom is -0.390 e. The van der Waals surface area contributed by atoms with E-state index >= 15 is 0 Å². The predicted molar refractivity (Wildman–Crippen MR) is 127 cm³/mol. The molecular formula is C29H42N2O2. The van der Waals surface area contributed by atoms with Crippen LogP contribution < -0.4 is 0 Å². The summed E-state index contributed by atoms with van der Waals surface area (Å²) in [5.41, 5.74) is 2.41. The van der Waals surface area contributed by atoms with Crippen molar-refractivity contribution in [2.75, 3.05) is 0 Å². The molecule has 0 bridgehead atoms. The van der Waals surface area contributed by atoms with E-state index in [0.29, 0.717) is 18.2 Å². The molecular weight excluding hydrogens is 408 g/mol. The summed E-state index contributed by atoms with van der Waals surface area (Å²) in [5.74, 6) is 6.22. The van der Waals surface area contributed by atoms with Crippen molar-refractivity contribution in [3.05, 3.63) is 17.5 Å². The lowest BCUT2D eigenvalue weighted by atomic mass is 9.48. The maximum atomic E-state index is 13.8. The average Bonchev–Trinajstić information content (AvgIpc) is 3.31. The molecule has 10 atom stereocenters. The van der Waals surface area contributed by atoms with Crippen LogP contribution in [-0.2, 0) is 24.2 Å². The predicted octanol–water partition coefficient (Wildman–Crippen LogP) is 5.21. The van der Waals surface area contributed by atoms with E-state index in [1.807, 2.05) is 4.68 Å². The summed E-state index contributed by atoms with van der Waals surface area (Å²) in [5, 5.41) is 15.5. The third-order valence-corrected chi connectivity index (χ3v) is 11.7. The zero-order valence-electron chi connectivity index (χ0n) is 20.6. The molecule has 5 saturated carbocycles. The quantitative estimate of drug-likeness (QED) is 0.688. The maximum absolute atomic E-state index is 13.8. The number of ketones is 1. The molecule has 0 aliphatic heterocycles. The summed E-state index contributed by atoms with van der Waals surface area (Å²) in [6.45, 7) is 5.07. The Labute approximate surface area is 198 Å². The van der Waals surface area contributed by atoms with Crippen molar-refractivity contribution in [3.8, 4) is 0 Å². The number of nitrogens with zero attached hydrogens (tertiary/aromatic N) is 2. The molecule has 0 saturated heterocycles. The van der Waals surface area contributed by atoms with E-state index in [-0.39, 0.29) is 11.3 Å². The molecule has 6 aliphatic carbocycles. The fourth-order valence-electron chi connectivity index (χ4n) is 10.5. The topological polar surface area (TPSA) is 55.1 Å². The molecule has 0 aromatic carbocycles. The van der Waals surface area contributed by atoms with Gasteiger partial charge in [0.2, 0.25) is 0 Å². The van der Waals surface area contributed by atoms with Gasteiger partial charge in [-0.25, -0.2) is 0 Å². The van der Waals surface area contributed by atoms with E-state index in [1.54, 1.807) is 0 Å². The largest absolute Gasteiger partial charge is 0.390 e. The van der Waals surface area contributed by atoms with Crippen LogP contribution in [0.25, 0.3) is 0 Å². The normalized spacial score (nSPS) is 49.9. The third kappa shape index (κ3) is 3.18. The molecule has 0 spiro atoms. The Kier molecular flexibility index (Phi) is 4.60. The minimum atomic E-state index is -0.435. The van der Waals surface area contributed by atoms with Crippen LogP contribution in [0.4, 0.5) is 0 Å². The van der Waals surface area contributed by atoms with Crippen LogP contribution in [0.5, 0.6) is 0 Å². The summed E-state index contributed by atoms with van der Waals surface area (Å²) < 4.78 is 2.00. The Balaban J connectivity index is 1.11. The lowest BCUT2D eigenvalue weighted by Gasteiger charge is -2.57. The van der Waals surface area contributed by atoms with Gasteiger partial charge in [0, 0.05) is 12.1 Å². The van der Waals surface area contributed by atoms with Crippen LogP contribution in [0.2, 0.25) is 0 Å². The summed E-state index contributed by atoms with van der Waals surface area (Å²) in [6, 6.07) is 0. The molecule has 1 aromatic rings. The molecule has 1 N–H and O–H groups in total. The number of hydrogen-bond donors (Lipinski definition) is 1. The fourth-order valence-corrected chi connectivity index (χ4v) is 10.5. The molecule has 4 heteroatoms. The van der Waals surface area contributed by atoms with Gasteiger partial charge >= 0.3 is 0 Å². The second kappa shape index (κ2) is 7.18. The van der Waals surface area contributed by atoms with Gasteiger partial charge in [0.05, 0.1) is 17.8 Å². The Morgan fingerprint density at radius 2 is 1.85 bits per heavy atom. The van der Waals surface area contributed by atoms with Gasteiger partial charge in [0.1, 0.15) is 0 Å². The first-order chi connectivity index (χ1) is 15.8. The molecule has 5 fully saturated rings. The highest BCUT2D eigenvalue weighted by Crippen LogP contribution is 2.74. The van der Waals surface area contributed by atoms with Gasteiger partial charge in [0.15, 0.2) is 5.78 Å². The van der Waals surface area contributed by atoms with Gasteiger partial charge in [-0.15, -0.1) is 0 Å². The number of rotatable bonds is 3. The second-order valence-electron chi connectivity index (χ2n) is 13.7. The van der Waals surface area contributed by atoms with E-state index in [2.05, 4.69) is 20.0 Å². The molecule has 0 unspecified atom stereocenters. The van der Waals surface area contributed by atoms with E-state index in [4.69, 9.17) is 5.10 Å². The molecule has 4 nitrogen and oxygen atoms in total. The Morgan fingerprint density at radius 3 is 2.70 bits per heavy atom. The Bertz CT molecular complexity index is 941. The lowest BCUT2D eigenvalue weighted by Crippen LogP contribution is -2.52. The van der Waals surface area contributed by atoms with Crippen LogP contribution >= 0.6 is 0 Å². The zero-order valence-corrected chi connectivity index (χ0v) is 20.6. The number of Topliss-reactive ketones (excluding diaryl/α,β-unsaturated/α-hetero) is 1. The van der Waals surface area contributed by atoms with Crippen molar-refractivity contribution in [1.29, 1.82) is 0 Å². The number of hydrogen-bond acceptors (Lipinski definition) is 3. The molecule has 33 heavy (non-hydrogen) atoms. The molecule has 1 aromatic heterocycles. The maximum Gasteiger partial charge on any atom is 0.158 e. The van der Waals surface area contributed by atoms with Crippen molar-refractivity contribution < 1.29 is 9.90 Å². The van der Waals surface area contributed by atoms with Gasteiger partial charge in [-0.1, -0.05) is 6.92 Å². The van der Waals surface area contributed by atoms with Crippen molar-refractivity contribution in [2.45, 2.75) is 103 Å². The van der Waals surface area contributed by atoms with Gasteiger partial charge in [-0.3, -0.25) is 9.48 Å². The highest BCUT2D eigenvalue weighted by atomic mass is 16.3. The Hall–Kier alpha value is -1.16. The van der Waals surface area contributed by atoms with Crippen LogP contribution in [0.15, 0.2) is 6.20 Å². The van der Waals surface area contributed by atoms with E-state index in [9.17, 15) is 9.90 Å². The average molecular weight is 451 g/mol. The number of aliphatic hydroxyl groups is 1.